The molecule has 17 rings (SSSR count). The van der Waals surface area contributed by atoms with Crippen molar-refractivity contribution in [3.63, 3.8) is 0 Å². The Morgan fingerprint density at radius 3 is 0.660 bits per heavy atom. The van der Waals surface area contributed by atoms with Gasteiger partial charge < -0.3 is 9.80 Å². The number of aryl methyl sites for hydroxylation is 4. The summed E-state index contributed by atoms with van der Waals surface area (Å²) in [5.41, 5.74) is 43.2. The second-order valence-electron chi connectivity index (χ2n) is 31.4. The van der Waals surface area contributed by atoms with Crippen LogP contribution >= 0.6 is 0 Å². The Hall–Kier alpha value is -10.3. The standard InChI is InChI=1S/C95H84N2/c1-57-43-58(2)46-69(45-57)96(65-31-39-77-71-19-15-17-21-81(71)91(5,6)87(77)53-65)67-33-41-79-75-37-29-63(51-85(75)94(11,12)89(79)55-67)25-23-61-27-35-73-74-36-28-62(50-84(74)93(9,10)83(73)49-61)24-26-64-30-38-76-80-42-34-68(56-90(80)95(13,14)86(76)52-64)97(70-47-59(3)44-60(4)48-70)66-32-40-78-72-20-16-18-22-82(72)92(7,8)88(78)54-66/h15-56H,1-14H3. The Bertz CT molecular complexity index is 5060. The molecule has 0 amide bonds. The van der Waals surface area contributed by atoms with Crippen LogP contribution < -0.4 is 9.80 Å². The summed E-state index contributed by atoms with van der Waals surface area (Å²) in [5.74, 6) is 0. The summed E-state index contributed by atoms with van der Waals surface area (Å²) in [7, 11) is 0. The third-order valence-corrected chi connectivity index (χ3v) is 23.1. The van der Waals surface area contributed by atoms with E-state index in [2.05, 4.69) is 362 Å². The molecular weight excluding hydrogens is 1170 g/mol. The lowest BCUT2D eigenvalue weighted by Crippen LogP contribution is -2.18. The SMILES string of the molecule is Cc1cc(C)cc(N(c2ccc3c(c2)C(C)(C)c2ccccc2-3)c2ccc3c(c2)C(C)(C)c2cc(C=Cc4ccc5c(c4)C(C)(C)c4cc(C=Cc6ccc7c(c6)C(C)(C)c6cc(N(c8cc(C)cc(C)c8)c8ccc9c(c8)C(C)(C)c8ccccc8-9)ccc6-7)ccc4-5)ccc2-3)c1. The molecule has 0 heterocycles. The van der Waals surface area contributed by atoms with Gasteiger partial charge in [-0.05, 0) is 256 Å². The van der Waals surface area contributed by atoms with Crippen molar-refractivity contribution in [3.8, 4) is 55.6 Å². The molecule has 0 N–H and O–H groups in total. The molecule has 2 nitrogen and oxygen atoms in total. The van der Waals surface area contributed by atoms with Gasteiger partial charge >= 0.3 is 0 Å². The Morgan fingerprint density at radius 1 is 0.196 bits per heavy atom. The van der Waals surface area contributed by atoms with Crippen molar-refractivity contribution < 1.29 is 0 Å². The van der Waals surface area contributed by atoms with Crippen molar-refractivity contribution in [1.82, 2.24) is 0 Å². The average molecular weight is 1250 g/mol. The summed E-state index contributed by atoms with van der Waals surface area (Å²) in [4.78, 5) is 4.97. The second-order valence-corrected chi connectivity index (χ2v) is 31.4. The molecule has 12 aromatic carbocycles. The van der Waals surface area contributed by atoms with Crippen molar-refractivity contribution in [2.45, 2.75) is 124 Å². The Kier molecular flexibility index (Phi) is 13.3. The predicted octanol–water partition coefficient (Wildman–Crippen LogP) is 25.7. The zero-order chi connectivity index (χ0) is 67.0. The first-order valence-corrected chi connectivity index (χ1v) is 34.9. The third kappa shape index (κ3) is 9.33. The monoisotopic (exact) mass is 1250 g/mol. The van der Waals surface area contributed by atoms with Crippen molar-refractivity contribution in [2.24, 2.45) is 0 Å². The summed E-state index contributed by atoms with van der Waals surface area (Å²) in [6.07, 6.45) is 9.25. The van der Waals surface area contributed by atoms with Gasteiger partial charge in [-0.25, -0.2) is 0 Å². The van der Waals surface area contributed by atoms with E-state index >= 15 is 0 Å². The van der Waals surface area contributed by atoms with Crippen LogP contribution in [0.4, 0.5) is 34.1 Å². The quantitative estimate of drug-likeness (QED) is 0.126. The molecule has 474 valence electrons. The first-order valence-electron chi connectivity index (χ1n) is 34.9. The van der Waals surface area contributed by atoms with Gasteiger partial charge in [0.1, 0.15) is 0 Å². The molecular formula is C95H84N2. The van der Waals surface area contributed by atoms with Gasteiger partial charge in [0.05, 0.1) is 0 Å². The van der Waals surface area contributed by atoms with Crippen molar-refractivity contribution >= 4 is 58.4 Å². The van der Waals surface area contributed by atoms with E-state index < -0.39 is 0 Å². The van der Waals surface area contributed by atoms with E-state index in [9.17, 15) is 0 Å². The summed E-state index contributed by atoms with van der Waals surface area (Å²) >= 11 is 0. The largest absolute Gasteiger partial charge is 0.310 e. The molecule has 0 unspecified atom stereocenters. The summed E-state index contributed by atoms with van der Waals surface area (Å²) in [6, 6.07) is 88.8. The average Bonchev–Trinajstić information content (AvgIpc) is 1.65. The summed E-state index contributed by atoms with van der Waals surface area (Å²) < 4.78 is 0. The Morgan fingerprint density at radius 2 is 0.402 bits per heavy atom. The van der Waals surface area contributed by atoms with Crippen LogP contribution in [0, 0.1) is 27.7 Å². The van der Waals surface area contributed by atoms with Gasteiger partial charge in [0.15, 0.2) is 0 Å². The van der Waals surface area contributed by atoms with Gasteiger partial charge in [-0.3, -0.25) is 0 Å². The molecule has 0 aliphatic heterocycles. The van der Waals surface area contributed by atoms with Gasteiger partial charge in [-0.1, -0.05) is 251 Å². The lowest BCUT2D eigenvalue weighted by molar-refractivity contribution is 0.659. The number of anilines is 6. The van der Waals surface area contributed by atoms with Gasteiger partial charge in [0.2, 0.25) is 0 Å². The number of nitrogens with zero attached hydrogens (tertiary/aromatic N) is 2. The van der Waals surface area contributed by atoms with Crippen LogP contribution in [0.5, 0.6) is 0 Å². The lowest BCUT2D eigenvalue weighted by Gasteiger charge is -2.30. The minimum absolute atomic E-state index is 0.102. The minimum Gasteiger partial charge on any atom is -0.310 e. The van der Waals surface area contributed by atoms with E-state index in [0.29, 0.717) is 0 Å². The van der Waals surface area contributed by atoms with Gasteiger partial charge in [0.25, 0.3) is 0 Å². The number of fused-ring (bicyclic) bond motifs is 15. The fourth-order valence-corrected chi connectivity index (χ4v) is 18.1. The Labute approximate surface area is 575 Å². The zero-order valence-electron chi connectivity index (χ0n) is 58.6. The van der Waals surface area contributed by atoms with Crippen molar-refractivity contribution in [1.29, 1.82) is 0 Å². The van der Waals surface area contributed by atoms with E-state index in [1.807, 2.05) is 0 Å². The highest BCUT2D eigenvalue weighted by molar-refractivity contribution is 5.93. The lowest BCUT2D eigenvalue weighted by atomic mass is 9.81. The van der Waals surface area contributed by atoms with Crippen LogP contribution in [-0.2, 0) is 27.1 Å². The molecule has 0 radical (unpaired) electrons. The second kappa shape index (κ2) is 21.4. The first kappa shape index (κ1) is 60.4. The zero-order valence-corrected chi connectivity index (χ0v) is 58.6. The van der Waals surface area contributed by atoms with Crippen LogP contribution in [0.2, 0.25) is 0 Å². The maximum Gasteiger partial charge on any atom is 0.0466 e. The minimum atomic E-state index is -0.212. The van der Waals surface area contributed by atoms with Crippen molar-refractivity contribution in [2.75, 3.05) is 9.80 Å². The number of benzene rings is 12. The van der Waals surface area contributed by atoms with E-state index in [0.717, 1.165) is 0 Å². The van der Waals surface area contributed by atoms with Gasteiger partial charge in [-0.2, -0.15) is 0 Å². The molecule has 0 atom stereocenters. The molecule has 0 saturated carbocycles. The van der Waals surface area contributed by atoms with Gasteiger partial charge in [-0.15, -0.1) is 0 Å². The highest BCUT2D eigenvalue weighted by Crippen LogP contribution is 2.57. The molecule has 0 fully saturated rings. The smallest absolute Gasteiger partial charge is 0.0466 e. The predicted molar refractivity (Wildman–Crippen MR) is 413 cm³/mol. The third-order valence-electron chi connectivity index (χ3n) is 23.1. The van der Waals surface area contributed by atoms with Crippen LogP contribution in [0.1, 0.15) is 169 Å². The van der Waals surface area contributed by atoms with Crippen LogP contribution in [0.25, 0.3) is 79.9 Å². The fourth-order valence-electron chi connectivity index (χ4n) is 18.1. The molecule has 5 aliphatic rings. The number of rotatable bonds is 10. The first-order chi connectivity index (χ1) is 46.4. The van der Waals surface area contributed by atoms with Crippen LogP contribution in [0.15, 0.2) is 231 Å². The van der Waals surface area contributed by atoms with Crippen LogP contribution in [-0.4, -0.2) is 0 Å². The topological polar surface area (TPSA) is 6.48 Å². The maximum absolute atomic E-state index is 2.49. The van der Waals surface area contributed by atoms with E-state index in [-0.39, 0.29) is 27.1 Å². The molecule has 0 aromatic heterocycles. The summed E-state index contributed by atoms with van der Waals surface area (Å²) in [5, 5.41) is 0. The number of hydrogen-bond acceptors (Lipinski definition) is 2. The molecule has 0 bridgehead atoms. The highest BCUT2D eigenvalue weighted by Gasteiger charge is 2.42. The molecule has 0 saturated heterocycles. The van der Waals surface area contributed by atoms with E-state index in [4.69, 9.17) is 0 Å². The highest BCUT2D eigenvalue weighted by atomic mass is 15.1. The fraction of sp³-hybridized carbons (Fsp3) is 0.200. The molecule has 12 aromatic rings. The normalized spacial score (nSPS) is 15.9. The van der Waals surface area contributed by atoms with E-state index in [1.54, 1.807) is 0 Å². The molecule has 0 spiro atoms. The number of hydrogen-bond donors (Lipinski definition) is 0. The molecule has 5 aliphatic carbocycles. The Balaban J connectivity index is 0.616. The van der Waals surface area contributed by atoms with Crippen LogP contribution in [0.3, 0.4) is 0 Å². The maximum atomic E-state index is 2.49. The van der Waals surface area contributed by atoms with Gasteiger partial charge in [0, 0.05) is 61.2 Å². The molecule has 2 heteroatoms. The summed E-state index contributed by atoms with van der Waals surface area (Å²) in [6.45, 7) is 32.8. The van der Waals surface area contributed by atoms with E-state index in [1.165, 1.54) is 190 Å². The van der Waals surface area contributed by atoms with Crippen molar-refractivity contribution in [3.05, 3.63) is 331 Å². The molecule has 97 heavy (non-hydrogen) atoms.